The fraction of sp³-hybridized carbons (Fsp3) is 0.321. The number of fused-ring (bicyclic) bond motifs is 1. The van der Waals surface area contributed by atoms with Crippen LogP contribution in [-0.4, -0.2) is 34.5 Å². The van der Waals surface area contributed by atoms with Crippen LogP contribution in [0.15, 0.2) is 60.8 Å². The van der Waals surface area contributed by atoms with E-state index in [9.17, 15) is 23.5 Å². The number of aliphatic hydroxyl groups is 1. The fourth-order valence-corrected chi connectivity index (χ4v) is 5.88. The quantitative estimate of drug-likeness (QED) is 0.394. The normalized spacial score (nSPS) is 23.0. The Labute approximate surface area is 228 Å². The average molecular weight is 560 g/mol. The first-order chi connectivity index (χ1) is 18.2. The number of carbonyl (C=O) groups excluding carboxylic acids is 2. The first kappa shape index (κ1) is 26.5. The molecule has 2 amide bonds. The predicted molar refractivity (Wildman–Crippen MR) is 141 cm³/mol. The van der Waals surface area contributed by atoms with Crippen LogP contribution in [0.2, 0.25) is 10.0 Å². The number of para-hydroxylation sites is 1. The van der Waals surface area contributed by atoms with E-state index in [1.54, 1.807) is 41.3 Å². The number of benzene rings is 2. The van der Waals surface area contributed by atoms with Crippen LogP contribution in [-0.2, 0) is 10.4 Å². The molecule has 3 aromatic rings. The van der Waals surface area contributed by atoms with E-state index in [2.05, 4.69) is 10.3 Å². The lowest BCUT2D eigenvalue weighted by Gasteiger charge is -2.32. The lowest BCUT2D eigenvalue weighted by atomic mass is 9.85. The molecule has 6 nitrogen and oxygen atoms in total. The number of pyridine rings is 1. The number of carbonyl (C=O) groups is 2. The van der Waals surface area contributed by atoms with Gasteiger partial charge in [0.05, 0.1) is 16.3 Å². The van der Waals surface area contributed by atoms with E-state index < -0.39 is 29.5 Å². The van der Waals surface area contributed by atoms with Crippen molar-refractivity contribution in [3.05, 3.63) is 93.2 Å². The second-order valence-electron chi connectivity index (χ2n) is 9.70. The molecule has 1 aliphatic heterocycles. The van der Waals surface area contributed by atoms with Gasteiger partial charge in [0.1, 0.15) is 5.69 Å². The van der Waals surface area contributed by atoms with Crippen molar-refractivity contribution in [1.29, 1.82) is 0 Å². The average Bonchev–Trinajstić information content (AvgIpc) is 3.12. The first-order valence-corrected chi connectivity index (χ1v) is 13.1. The molecule has 2 aromatic carbocycles. The summed E-state index contributed by atoms with van der Waals surface area (Å²) in [5.74, 6) is -0.958. The monoisotopic (exact) mass is 559 g/mol. The summed E-state index contributed by atoms with van der Waals surface area (Å²) >= 11 is 12.3. The van der Waals surface area contributed by atoms with Crippen molar-refractivity contribution in [2.24, 2.45) is 5.92 Å². The number of halogens is 4. The zero-order chi connectivity index (χ0) is 27.0. The van der Waals surface area contributed by atoms with Gasteiger partial charge in [0, 0.05) is 34.9 Å². The van der Waals surface area contributed by atoms with Gasteiger partial charge in [-0.05, 0) is 49.8 Å². The zero-order valence-corrected chi connectivity index (χ0v) is 21.7. The molecule has 2 heterocycles. The van der Waals surface area contributed by atoms with Crippen molar-refractivity contribution in [3.63, 3.8) is 0 Å². The third-order valence-corrected chi connectivity index (χ3v) is 7.90. The van der Waals surface area contributed by atoms with E-state index in [1.165, 1.54) is 6.07 Å². The molecule has 1 aromatic heterocycles. The Morgan fingerprint density at radius 3 is 2.42 bits per heavy atom. The molecule has 1 atom stereocenters. The predicted octanol–water partition coefficient (Wildman–Crippen LogP) is 5.90. The van der Waals surface area contributed by atoms with Gasteiger partial charge >= 0.3 is 0 Å². The Kier molecular flexibility index (Phi) is 7.40. The lowest BCUT2D eigenvalue weighted by Crippen LogP contribution is -2.44. The zero-order valence-electron chi connectivity index (χ0n) is 20.2. The summed E-state index contributed by atoms with van der Waals surface area (Å²) in [6, 6.07) is 14.9. The molecule has 5 rings (SSSR count). The highest BCUT2D eigenvalue weighted by Gasteiger charge is 2.52. The summed E-state index contributed by atoms with van der Waals surface area (Å²) in [5, 5.41) is 14.9. The van der Waals surface area contributed by atoms with Gasteiger partial charge in [0.2, 0.25) is 0 Å². The third-order valence-electron chi connectivity index (χ3n) is 7.36. The molecule has 0 spiro atoms. The lowest BCUT2D eigenvalue weighted by molar-refractivity contribution is -0.132. The van der Waals surface area contributed by atoms with Crippen LogP contribution in [0.1, 0.15) is 59.3 Å². The Morgan fingerprint density at radius 1 is 1.08 bits per heavy atom. The number of anilines is 1. The van der Waals surface area contributed by atoms with Crippen LogP contribution in [0.5, 0.6) is 0 Å². The van der Waals surface area contributed by atoms with Gasteiger partial charge < -0.3 is 15.3 Å². The second-order valence-corrected chi connectivity index (χ2v) is 10.5. The van der Waals surface area contributed by atoms with Crippen LogP contribution in [0.4, 0.5) is 14.5 Å². The number of alkyl halides is 2. The summed E-state index contributed by atoms with van der Waals surface area (Å²) in [7, 11) is 0. The van der Waals surface area contributed by atoms with Crippen molar-refractivity contribution in [1.82, 2.24) is 10.3 Å². The van der Waals surface area contributed by atoms with E-state index >= 15 is 0 Å². The van der Waals surface area contributed by atoms with E-state index in [1.807, 2.05) is 12.1 Å². The van der Waals surface area contributed by atoms with Gasteiger partial charge in [0.15, 0.2) is 5.60 Å². The van der Waals surface area contributed by atoms with Gasteiger partial charge in [-0.1, -0.05) is 59.6 Å². The van der Waals surface area contributed by atoms with Gasteiger partial charge in [-0.3, -0.25) is 14.6 Å². The van der Waals surface area contributed by atoms with E-state index in [0.29, 0.717) is 54.1 Å². The molecule has 38 heavy (non-hydrogen) atoms. The van der Waals surface area contributed by atoms with E-state index in [0.717, 1.165) is 6.20 Å². The third kappa shape index (κ3) is 4.77. The molecule has 0 bridgehead atoms. The van der Waals surface area contributed by atoms with Crippen LogP contribution in [0.25, 0.3) is 0 Å². The number of nitrogens with one attached hydrogen (secondary N) is 1. The Bertz CT molecular complexity index is 1380. The topological polar surface area (TPSA) is 82.5 Å². The number of rotatable bonds is 6. The Morgan fingerprint density at radius 2 is 1.74 bits per heavy atom. The van der Waals surface area contributed by atoms with Crippen LogP contribution in [0.3, 0.4) is 0 Å². The summed E-state index contributed by atoms with van der Waals surface area (Å²) in [6.45, 7) is 0.400. The minimum Gasteiger partial charge on any atom is -0.372 e. The minimum atomic E-state index is -2.89. The summed E-state index contributed by atoms with van der Waals surface area (Å²) in [5.41, 5.74) is -1.24. The molecule has 2 N–H and O–H groups in total. The highest BCUT2D eigenvalue weighted by molar-refractivity contribution is 6.32. The molecule has 1 fully saturated rings. The molecule has 2 aliphatic rings. The summed E-state index contributed by atoms with van der Waals surface area (Å²) < 4.78 is 26.6. The maximum Gasteiger partial charge on any atom is 0.281 e. The molecule has 1 unspecified atom stereocenters. The Balaban J connectivity index is 1.27. The van der Waals surface area contributed by atoms with Gasteiger partial charge in [-0.15, -0.1) is 0 Å². The SMILES string of the molecule is O=C(NC1CCC(CN2C(=O)C(O)(c3ccccc3Cl)c3ccccc32)CC1)c1cc(Cl)cnc1C(F)F. The molecule has 1 saturated carbocycles. The summed E-state index contributed by atoms with van der Waals surface area (Å²) in [6.07, 6.45) is 0.845. The van der Waals surface area contributed by atoms with E-state index in [-0.39, 0.29) is 22.5 Å². The number of nitrogens with zero attached hydrogens (tertiary/aromatic N) is 2. The highest BCUT2D eigenvalue weighted by atomic mass is 35.5. The number of hydrogen-bond acceptors (Lipinski definition) is 4. The van der Waals surface area contributed by atoms with Gasteiger partial charge in [-0.25, -0.2) is 8.78 Å². The minimum absolute atomic E-state index is 0.107. The molecule has 198 valence electrons. The molecular formula is C28H25Cl2F2N3O3. The van der Waals surface area contributed by atoms with Crippen LogP contribution in [0, 0.1) is 5.92 Å². The van der Waals surface area contributed by atoms with Crippen molar-refractivity contribution in [3.8, 4) is 0 Å². The highest BCUT2D eigenvalue weighted by Crippen LogP contribution is 2.47. The maximum atomic E-state index is 13.7. The smallest absolute Gasteiger partial charge is 0.281 e. The number of aromatic nitrogens is 1. The number of amides is 2. The van der Waals surface area contributed by atoms with Crippen LogP contribution >= 0.6 is 23.2 Å². The molecule has 0 radical (unpaired) electrons. The molecular weight excluding hydrogens is 535 g/mol. The second kappa shape index (κ2) is 10.6. The van der Waals surface area contributed by atoms with Gasteiger partial charge in [0.25, 0.3) is 18.2 Å². The van der Waals surface area contributed by atoms with Crippen molar-refractivity contribution in [2.45, 2.75) is 43.8 Å². The largest absolute Gasteiger partial charge is 0.372 e. The molecule has 10 heteroatoms. The van der Waals surface area contributed by atoms with E-state index in [4.69, 9.17) is 23.2 Å². The standard InChI is InChI=1S/C28H25Cl2F2N3O3/c29-17-13-19(24(25(31)32)33-14-17)26(36)34-18-11-9-16(10-12-18)15-35-23-8-4-2-6-21(23)28(38,27(35)37)20-5-1-3-7-22(20)30/h1-8,13-14,16,18,25,38H,9-12,15H2,(H,34,36). The van der Waals surface area contributed by atoms with Gasteiger partial charge in [-0.2, -0.15) is 0 Å². The van der Waals surface area contributed by atoms with Crippen LogP contribution < -0.4 is 10.2 Å². The van der Waals surface area contributed by atoms with Crippen molar-refractivity contribution in [2.75, 3.05) is 11.4 Å². The summed E-state index contributed by atoms with van der Waals surface area (Å²) in [4.78, 5) is 31.6. The molecule has 1 aliphatic carbocycles. The fourth-order valence-electron chi connectivity index (χ4n) is 5.45. The molecule has 0 saturated heterocycles. The maximum absolute atomic E-state index is 13.7. The number of hydrogen-bond donors (Lipinski definition) is 2. The van der Waals surface area contributed by atoms with Crippen molar-refractivity contribution < 1.29 is 23.5 Å². The Hall–Kier alpha value is -3.07. The van der Waals surface area contributed by atoms with Crippen molar-refractivity contribution >= 4 is 40.7 Å². The first-order valence-electron chi connectivity index (χ1n) is 12.3.